The molecule has 0 spiro atoms. The van der Waals surface area contributed by atoms with Crippen LogP contribution in [0.15, 0.2) is 36.4 Å². The van der Waals surface area contributed by atoms with Crippen molar-refractivity contribution >= 4 is 11.8 Å². The number of nitrogens with one attached hydrogen (secondary N) is 2. The minimum absolute atomic E-state index is 0.163. The zero-order chi connectivity index (χ0) is 20.5. The summed E-state index contributed by atoms with van der Waals surface area (Å²) in [7, 11) is 1.80. The number of carbonyl (C=O) groups excluding carboxylic acids is 2. The quantitative estimate of drug-likeness (QED) is 0.699. The number of nitrogens with zero attached hydrogens (tertiary/aromatic N) is 5. The Morgan fingerprint density at radius 2 is 1.97 bits per heavy atom. The number of hydrogen-bond donors (Lipinski definition) is 2. The van der Waals surface area contributed by atoms with E-state index < -0.39 is 0 Å². The molecule has 0 unspecified atom stereocenters. The zero-order valence-corrected chi connectivity index (χ0v) is 16.6. The number of hydrogen-bond acceptors (Lipinski definition) is 5. The lowest BCUT2D eigenvalue weighted by Crippen LogP contribution is -2.38. The Labute approximate surface area is 168 Å². The van der Waals surface area contributed by atoms with Crippen LogP contribution in [0, 0.1) is 13.8 Å². The molecule has 3 heterocycles. The van der Waals surface area contributed by atoms with Crippen LogP contribution in [0.3, 0.4) is 0 Å². The largest absolute Gasteiger partial charge is 0.347 e. The average molecular weight is 393 g/mol. The molecule has 3 aromatic rings. The predicted octanol–water partition coefficient (Wildman–Crippen LogP) is 1.54. The van der Waals surface area contributed by atoms with Crippen molar-refractivity contribution in [3.8, 4) is 0 Å². The maximum Gasteiger partial charge on any atom is 0.275 e. The second kappa shape index (κ2) is 7.50. The molecule has 2 amide bonds. The van der Waals surface area contributed by atoms with E-state index in [1.165, 1.54) is 0 Å². The fourth-order valence-corrected chi connectivity index (χ4v) is 3.59. The first-order valence-corrected chi connectivity index (χ1v) is 9.49. The predicted molar refractivity (Wildman–Crippen MR) is 105 cm³/mol. The molecule has 29 heavy (non-hydrogen) atoms. The molecule has 150 valence electrons. The fourth-order valence-electron chi connectivity index (χ4n) is 3.59. The normalized spacial score (nSPS) is 18.8. The van der Waals surface area contributed by atoms with Crippen molar-refractivity contribution in [1.82, 2.24) is 35.2 Å². The van der Waals surface area contributed by atoms with Crippen LogP contribution in [0.4, 0.5) is 0 Å². The third-order valence-corrected chi connectivity index (χ3v) is 5.18. The number of benzene rings is 1. The Bertz CT molecular complexity index is 1020. The van der Waals surface area contributed by atoms with Gasteiger partial charge < -0.3 is 10.2 Å². The van der Waals surface area contributed by atoms with Crippen molar-refractivity contribution in [3.63, 3.8) is 0 Å². The smallest absolute Gasteiger partial charge is 0.275 e. The summed E-state index contributed by atoms with van der Waals surface area (Å²) in [6.07, 6.45) is 0.535. The SMILES string of the molecule is Cc1nc([C@@H]2C[C@H](NC(=O)c3ccccc3)CN2C(=O)c2cc(C)n(C)n2)n[nH]1. The van der Waals surface area contributed by atoms with E-state index in [2.05, 4.69) is 25.6 Å². The number of aromatic nitrogens is 5. The van der Waals surface area contributed by atoms with Gasteiger partial charge in [-0.25, -0.2) is 4.98 Å². The molecule has 9 nitrogen and oxygen atoms in total. The van der Waals surface area contributed by atoms with Crippen molar-refractivity contribution in [3.05, 3.63) is 65.0 Å². The molecule has 4 rings (SSSR count). The molecular formula is C20H23N7O2. The minimum atomic E-state index is -0.337. The standard InChI is InChI=1S/C20H23N7O2/c1-12-9-16(25-26(12)3)20(29)27-11-15(10-17(27)18-21-13(2)23-24-18)22-19(28)14-7-5-4-6-8-14/h4-9,15,17H,10-11H2,1-3H3,(H,22,28)(H,21,23,24)/t15-,17-/m0/s1. The molecule has 0 saturated carbocycles. The average Bonchev–Trinajstić information content (AvgIpc) is 3.41. The van der Waals surface area contributed by atoms with Gasteiger partial charge in [-0.1, -0.05) is 18.2 Å². The number of amides is 2. The first-order valence-electron chi connectivity index (χ1n) is 9.49. The van der Waals surface area contributed by atoms with E-state index in [4.69, 9.17) is 0 Å². The highest BCUT2D eigenvalue weighted by atomic mass is 16.2. The highest BCUT2D eigenvalue weighted by Crippen LogP contribution is 2.31. The van der Waals surface area contributed by atoms with E-state index in [1.807, 2.05) is 32.0 Å². The maximum absolute atomic E-state index is 13.2. The van der Waals surface area contributed by atoms with Gasteiger partial charge in [0.15, 0.2) is 11.5 Å². The van der Waals surface area contributed by atoms with Gasteiger partial charge >= 0.3 is 0 Å². The van der Waals surface area contributed by atoms with Crippen molar-refractivity contribution in [2.45, 2.75) is 32.4 Å². The van der Waals surface area contributed by atoms with Gasteiger partial charge in [0.25, 0.3) is 11.8 Å². The lowest BCUT2D eigenvalue weighted by Gasteiger charge is -2.21. The van der Waals surface area contributed by atoms with Crippen molar-refractivity contribution in [1.29, 1.82) is 0 Å². The van der Waals surface area contributed by atoms with Gasteiger partial charge in [0.1, 0.15) is 5.82 Å². The lowest BCUT2D eigenvalue weighted by atomic mass is 10.1. The number of aromatic amines is 1. The summed E-state index contributed by atoms with van der Waals surface area (Å²) >= 11 is 0. The number of aryl methyl sites for hydroxylation is 3. The van der Waals surface area contributed by atoms with E-state index in [0.29, 0.717) is 35.9 Å². The summed E-state index contributed by atoms with van der Waals surface area (Å²) in [5, 5.41) is 14.4. The van der Waals surface area contributed by atoms with Crippen LogP contribution in [0.1, 0.15) is 50.7 Å². The Morgan fingerprint density at radius 1 is 1.21 bits per heavy atom. The summed E-state index contributed by atoms with van der Waals surface area (Å²) in [5.41, 5.74) is 1.85. The number of rotatable bonds is 4. The maximum atomic E-state index is 13.2. The summed E-state index contributed by atoms with van der Waals surface area (Å²) in [6.45, 7) is 4.08. The van der Waals surface area contributed by atoms with Gasteiger partial charge in [-0.05, 0) is 38.5 Å². The van der Waals surface area contributed by atoms with Crippen LogP contribution in [-0.4, -0.2) is 54.3 Å². The zero-order valence-electron chi connectivity index (χ0n) is 16.6. The van der Waals surface area contributed by atoms with Gasteiger partial charge in [0, 0.05) is 30.9 Å². The van der Waals surface area contributed by atoms with E-state index in [-0.39, 0.29) is 23.9 Å². The Kier molecular flexibility index (Phi) is 4.87. The molecule has 0 bridgehead atoms. The van der Waals surface area contributed by atoms with Crippen LogP contribution in [-0.2, 0) is 7.05 Å². The fraction of sp³-hybridized carbons (Fsp3) is 0.350. The van der Waals surface area contributed by atoms with Crippen molar-refractivity contribution in [2.75, 3.05) is 6.54 Å². The third-order valence-electron chi connectivity index (χ3n) is 5.18. The first-order chi connectivity index (χ1) is 13.9. The Balaban J connectivity index is 1.57. The van der Waals surface area contributed by atoms with Crippen LogP contribution >= 0.6 is 0 Å². The molecule has 0 radical (unpaired) electrons. The first kappa shape index (κ1) is 18.9. The molecule has 1 aliphatic heterocycles. The monoisotopic (exact) mass is 393 g/mol. The number of likely N-dealkylation sites (tertiary alicyclic amines) is 1. The van der Waals surface area contributed by atoms with Crippen molar-refractivity contribution in [2.24, 2.45) is 7.05 Å². The minimum Gasteiger partial charge on any atom is -0.347 e. The molecule has 1 fully saturated rings. The van der Waals surface area contributed by atoms with E-state index in [1.54, 1.807) is 34.8 Å². The molecular weight excluding hydrogens is 370 g/mol. The second-order valence-electron chi connectivity index (χ2n) is 7.32. The van der Waals surface area contributed by atoms with Crippen LogP contribution < -0.4 is 5.32 Å². The van der Waals surface area contributed by atoms with Gasteiger partial charge in [-0.15, -0.1) is 0 Å². The van der Waals surface area contributed by atoms with Crippen LogP contribution in [0.5, 0.6) is 0 Å². The van der Waals surface area contributed by atoms with Crippen molar-refractivity contribution < 1.29 is 9.59 Å². The topological polar surface area (TPSA) is 109 Å². The lowest BCUT2D eigenvalue weighted by molar-refractivity contribution is 0.0717. The van der Waals surface area contributed by atoms with Crippen LogP contribution in [0.2, 0.25) is 0 Å². The molecule has 2 aromatic heterocycles. The summed E-state index contributed by atoms with van der Waals surface area (Å²) in [5.74, 6) is 0.860. The summed E-state index contributed by atoms with van der Waals surface area (Å²) in [4.78, 5) is 31.9. The molecule has 0 aliphatic carbocycles. The van der Waals surface area contributed by atoms with E-state index in [0.717, 1.165) is 5.69 Å². The summed E-state index contributed by atoms with van der Waals surface area (Å²) < 4.78 is 1.67. The summed E-state index contributed by atoms with van der Waals surface area (Å²) in [6, 6.07) is 10.3. The molecule has 2 N–H and O–H groups in total. The molecule has 1 aromatic carbocycles. The number of carbonyl (C=O) groups is 2. The van der Waals surface area contributed by atoms with Gasteiger partial charge in [0.2, 0.25) is 0 Å². The van der Waals surface area contributed by atoms with Gasteiger partial charge in [0.05, 0.1) is 6.04 Å². The Morgan fingerprint density at radius 3 is 2.59 bits per heavy atom. The van der Waals surface area contributed by atoms with Gasteiger partial charge in [-0.3, -0.25) is 19.4 Å². The Hall–Kier alpha value is -3.49. The molecule has 9 heteroatoms. The van der Waals surface area contributed by atoms with Crippen LogP contribution in [0.25, 0.3) is 0 Å². The second-order valence-corrected chi connectivity index (χ2v) is 7.32. The van der Waals surface area contributed by atoms with E-state index in [9.17, 15) is 9.59 Å². The molecule has 1 saturated heterocycles. The third kappa shape index (κ3) is 3.75. The van der Waals surface area contributed by atoms with Gasteiger partial charge in [-0.2, -0.15) is 10.2 Å². The van der Waals surface area contributed by atoms with E-state index >= 15 is 0 Å². The number of H-pyrrole nitrogens is 1. The molecule has 1 aliphatic rings. The highest BCUT2D eigenvalue weighted by Gasteiger charge is 2.40. The highest BCUT2D eigenvalue weighted by molar-refractivity contribution is 5.95. The molecule has 2 atom stereocenters.